The van der Waals surface area contributed by atoms with Crippen LogP contribution in [0.5, 0.6) is 5.75 Å². The maximum Gasteiger partial charge on any atom is 0.155 e. The monoisotopic (exact) mass is 313 g/mol. The number of benzene rings is 1. The number of nitrogens with zero attached hydrogens (tertiary/aromatic N) is 2. The molecule has 20 heavy (non-hydrogen) atoms. The van der Waals surface area contributed by atoms with Gasteiger partial charge >= 0.3 is 0 Å². The molecule has 0 spiro atoms. The Morgan fingerprint density at radius 2 is 2.15 bits per heavy atom. The molecule has 0 unspecified atom stereocenters. The lowest BCUT2D eigenvalue weighted by molar-refractivity contribution is 0.404. The summed E-state index contributed by atoms with van der Waals surface area (Å²) < 4.78 is 20.3. The molecule has 4 nitrogen and oxygen atoms in total. The van der Waals surface area contributed by atoms with Crippen molar-refractivity contribution >= 4 is 23.5 Å². The molecule has 2 aromatic rings. The van der Waals surface area contributed by atoms with Gasteiger partial charge in [-0.15, -0.1) is 0 Å². The van der Waals surface area contributed by atoms with Crippen molar-refractivity contribution in [3.8, 4) is 17.0 Å². The molecule has 0 amide bonds. The minimum absolute atomic E-state index is 0.268. The van der Waals surface area contributed by atoms with Gasteiger partial charge in [-0.1, -0.05) is 11.6 Å². The van der Waals surface area contributed by atoms with Gasteiger partial charge in [0, 0.05) is 24.5 Å². The van der Waals surface area contributed by atoms with E-state index >= 15 is 0 Å². The molecule has 0 saturated heterocycles. The third kappa shape index (κ3) is 3.59. The molecular weight excluding hydrogens is 301 g/mol. The highest BCUT2D eigenvalue weighted by Crippen LogP contribution is 2.33. The summed E-state index contributed by atoms with van der Waals surface area (Å²) >= 11 is 7.34. The first-order chi connectivity index (χ1) is 9.76. The van der Waals surface area contributed by atoms with E-state index in [2.05, 4.69) is 14.7 Å². The van der Waals surface area contributed by atoms with Gasteiger partial charge in [-0.3, -0.25) is 9.71 Å². The third-order valence-electron chi connectivity index (χ3n) is 2.47. The van der Waals surface area contributed by atoms with E-state index < -0.39 is 6.67 Å². The lowest BCUT2D eigenvalue weighted by Crippen LogP contribution is -2.07. The second kappa shape index (κ2) is 7.42. The van der Waals surface area contributed by atoms with Crippen LogP contribution in [0.15, 0.2) is 35.5 Å². The van der Waals surface area contributed by atoms with Crippen molar-refractivity contribution in [2.24, 2.45) is 0 Å². The fraction of sp³-hybridized carbons (Fsp3) is 0.231. The first kappa shape index (κ1) is 15.0. The van der Waals surface area contributed by atoms with Crippen LogP contribution in [-0.4, -0.2) is 30.3 Å². The quantitative estimate of drug-likeness (QED) is 0.654. The highest BCUT2D eigenvalue weighted by atomic mass is 35.5. The lowest BCUT2D eigenvalue weighted by atomic mass is 10.1. The van der Waals surface area contributed by atoms with E-state index in [9.17, 15) is 4.39 Å². The van der Waals surface area contributed by atoms with Crippen LogP contribution in [0.3, 0.4) is 0 Å². The van der Waals surface area contributed by atoms with Crippen LogP contribution < -0.4 is 9.46 Å². The van der Waals surface area contributed by atoms with Crippen LogP contribution in [0.4, 0.5) is 4.39 Å². The number of methoxy groups -OCH3 is 1. The molecule has 0 saturated carbocycles. The summed E-state index contributed by atoms with van der Waals surface area (Å²) in [7, 11) is 1.59. The summed E-state index contributed by atoms with van der Waals surface area (Å²) in [5.41, 5.74) is 1.43. The topological polar surface area (TPSA) is 47.0 Å². The molecule has 106 valence electrons. The maximum atomic E-state index is 12.1. The summed E-state index contributed by atoms with van der Waals surface area (Å²) in [6.07, 6.45) is 3.12. The first-order valence-electron chi connectivity index (χ1n) is 5.87. The Hall–Kier alpha value is -1.37. The molecule has 1 aromatic heterocycles. The fourth-order valence-corrected chi connectivity index (χ4v) is 2.57. The van der Waals surface area contributed by atoms with Crippen LogP contribution in [0.1, 0.15) is 0 Å². The van der Waals surface area contributed by atoms with Gasteiger partial charge < -0.3 is 4.74 Å². The molecule has 7 heteroatoms. The van der Waals surface area contributed by atoms with Gasteiger partial charge in [-0.25, -0.2) is 9.37 Å². The largest absolute Gasteiger partial charge is 0.496 e. The van der Waals surface area contributed by atoms with Crippen molar-refractivity contribution < 1.29 is 9.13 Å². The zero-order chi connectivity index (χ0) is 14.4. The number of hydrogen-bond acceptors (Lipinski definition) is 5. The average molecular weight is 314 g/mol. The predicted octanol–water partition coefficient (Wildman–Crippen LogP) is 3.37. The smallest absolute Gasteiger partial charge is 0.155 e. The van der Waals surface area contributed by atoms with E-state index in [0.29, 0.717) is 16.6 Å². The zero-order valence-electron chi connectivity index (χ0n) is 10.8. The van der Waals surface area contributed by atoms with Crippen molar-refractivity contribution in [2.45, 2.75) is 4.90 Å². The van der Waals surface area contributed by atoms with E-state index in [4.69, 9.17) is 16.3 Å². The van der Waals surface area contributed by atoms with Gasteiger partial charge in [0.15, 0.2) is 5.15 Å². The van der Waals surface area contributed by atoms with Crippen LogP contribution in [0.2, 0.25) is 5.15 Å². The zero-order valence-corrected chi connectivity index (χ0v) is 12.3. The van der Waals surface area contributed by atoms with Gasteiger partial charge in [-0.2, -0.15) is 0 Å². The van der Waals surface area contributed by atoms with Gasteiger partial charge in [0.2, 0.25) is 0 Å². The summed E-state index contributed by atoms with van der Waals surface area (Å²) in [5.74, 6) is 0.699. The molecular formula is C13H13ClFN3OS. The standard InChI is InChI=1S/C13H13ClFN3OS/c1-19-10-3-2-9(8-11(10)20-18-5-4-15)12-13(14)17-7-6-16-12/h2-3,6-8,18H,4-5H2,1H3. The van der Waals surface area contributed by atoms with E-state index in [1.807, 2.05) is 18.2 Å². The molecule has 1 aromatic carbocycles. The Labute approximate surface area is 125 Å². The highest BCUT2D eigenvalue weighted by molar-refractivity contribution is 7.97. The van der Waals surface area contributed by atoms with E-state index in [-0.39, 0.29) is 6.54 Å². The van der Waals surface area contributed by atoms with Crippen LogP contribution in [0, 0.1) is 0 Å². The van der Waals surface area contributed by atoms with Crippen molar-refractivity contribution in [3.05, 3.63) is 35.7 Å². The molecule has 0 atom stereocenters. The summed E-state index contributed by atoms with van der Waals surface area (Å²) in [4.78, 5) is 9.05. The first-order valence-corrected chi connectivity index (χ1v) is 7.06. The Bertz CT molecular complexity index is 585. The Morgan fingerprint density at radius 1 is 1.35 bits per heavy atom. The number of nitrogens with one attached hydrogen (secondary N) is 1. The summed E-state index contributed by atoms with van der Waals surface area (Å²) in [6, 6.07) is 5.55. The van der Waals surface area contributed by atoms with Crippen molar-refractivity contribution in [2.75, 3.05) is 20.3 Å². The minimum Gasteiger partial charge on any atom is -0.496 e. The fourth-order valence-electron chi connectivity index (χ4n) is 1.59. The van der Waals surface area contributed by atoms with Crippen molar-refractivity contribution in [3.63, 3.8) is 0 Å². The number of halogens is 2. The van der Waals surface area contributed by atoms with Gasteiger partial charge in [0.05, 0.1) is 12.0 Å². The SMILES string of the molecule is COc1ccc(-c2nccnc2Cl)cc1SNCCF. The second-order valence-electron chi connectivity index (χ2n) is 3.75. The Kier molecular flexibility index (Phi) is 5.58. The van der Waals surface area contributed by atoms with Crippen LogP contribution >= 0.6 is 23.5 Å². The van der Waals surface area contributed by atoms with Gasteiger partial charge in [-0.05, 0) is 30.1 Å². The summed E-state index contributed by atoms with van der Waals surface area (Å²) in [6.45, 7) is -0.158. The molecule has 0 bridgehead atoms. The highest BCUT2D eigenvalue weighted by Gasteiger charge is 2.10. The van der Waals surface area contributed by atoms with E-state index in [1.165, 1.54) is 18.1 Å². The molecule has 0 fully saturated rings. The molecule has 1 heterocycles. The number of rotatable bonds is 6. The normalized spacial score (nSPS) is 10.6. The molecule has 0 aliphatic heterocycles. The predicted molar refractivity (Wildman–Crippen MR) is 78.9 cm³/mol. The molecule has 1 N–H and O–H groups in total. The molecule has 0 aliphatic rings. The van der Waals surface area contributed by atoms with E-state index in [1.54, 1.807) is 13.3 Å². The number of alkyl halides is 1. The van der Waals surface area contributed by atoms with Crippen molar-refractivity contribution in [1.29, 1.82) is 0 Å². The van der Waals surface area contributed by atoms with Gasteiger partial charge in [0.1, 0.15) is 18.1 Å². The van der Waals surface area contributed by atoms with Gasteiger partial charge in [0.25, 0.3) is 0 Å². The van der Waals surface area contributed by atoms with Crippen molar-refractivity contribution in [1.82, 2.24) is 14.7 Å². The maximum absolute atomic E-state index is 12.1. The number of aromatic nitrogens is 2. The third-order valence-corrected chi connectivity index (χ3v) is 3.63. The average Bonchev–Trinajstić information content (AvgIpc) is 2.48. The Balaban J connectivity index is 2.31. The lowest BCUT2D eigenvalue weighted by Gasteiger charge is -2.10. The van der Waals surface area contributed by atoms with Crippen LogP contribution in [0.25, 0.3) is 11.3 Å². The molecule has 0 radical (unpaired) electrons. The van der Waals surface area contributed by atoms with E-state index in [0.717, 1.165) is 10.5 Å². The minimum atomic E-state index is -0.426. The van der Waals surface area contributed by atoms with Crippen LogP contribution in [-0.2, 0) is 0 Å². The number of ether oxygens (including phenoxy) is 1. The molecule has 0 aliphatic carbocycles. The second-order valence-corrected chi connectivity index (χ2v) is 5.04. The molecule has 2 rings (SSSR count). The number of hydrogen-bond donors (Lipinski definition) is 1. The Morgan fingerprint density at radius 3 is 2.85 bits per heavy atom. The summed E-state index contributed by atoms with van der Waals surface area (Å²) in [5, 5.41) is 0.338.